The van der Waals surface area contributed by atoms with Gasteiger partial charge in [0.2, 0.25) is 12.0 Å². The van der Waals surface area contributed by atoms with Gasteiger partial charge in [0.1, 0.15) is 67.5 Å². The Morgan fingerprint density at radius 2 is 2.00 bits per heavy atom. The minimum absolute atomic E-state index is 0.0567. The highest BCUT2D eigenvalue weighted by molar-refractivity contribution is 6.06. The molecular formula is C35H36N2O13. The number of quaternary nitrogens is 1. The summed E-state index contributed by atoms with van der Waals surface area (Å²) in [6, 6.07) is 5.54. The smallest absolute Gasteiger partial charge is 0.311 e. The molecule has 0 aliphatic carbocycles. The number of aliphatic carboxylic acids is 1. The van der Waals surface area contributed by atoms with Crippen molar-refractivity contribution in [2.75, 3.05) is 34.0 Å². The Balaban J connectivity index is 1.17. The van der Waals surface area contributed by atoms with Gasteiger partial charge < -0.3 is 58.4 Å². The van der Waals surface area contributed by atoms with Crippen LogP contribution in [0.25, 0.3) is 0 Å². The predicted molar refractivity (Wildman–Crippen MR) is 167 cm³/mol. The molecule has 0 bridgehead atoms. The van der Waals surface area contributed by atoms with Gasteiger partial charge >= 0.3 is 5.97 Å². The standard InChI is InChI=1S/C35H36N2O13/c1-44-22-4-3-18-20-14-46-24-9-23-17(5-7-35(43)33(42)29(41)25(49-34(35)48-23)15-47-27(40)10-26(38)39)19(12-37-11-16-6-8-36-21(16)13-37)28(24)30(20)50-31(18)32(22)45-2/h3-4,6,8-9,11,20,25,29-30,33-34,41-43H,5,7,10,12-15H2,1-2H3,(H,38,39)/t20-,25+,29+,30-,33-,34-,35+/m0/s1. The summed E-state index contributed by atoms with van der Waals surface area (Å²) in [6.07, 6.45) is -1.65. The minimum atomic E-state index is -2.06. The summed E-state index contributed by atoms with van der Waals surface area (Å²) in [6.45, 7) is 0.854. The number of aliphatic imine (C=N–C) groups is 1. The molecule has 1 fully saturated rings. The number of aliphatic hydroxyl groups excluding tert-OH is 2. The summed E-state index contributed by atoms with van der Waals surface area (Å²) in [7, 11) is 3.13. The second kappa shape index (κ2) is 12.3. The van der Waals surface area contributed by atoms with Crippen molar-refractivity contribution in [2.45, 2.75) is 68.0 Å². The molecule has 8 atom stereocenters. The zero-order valence-electron chi connectivity index (χ0n) is 27.2. The second-order valence-corrected chi connectivity index (χ2v) is 13.2. The van der Waals surface area contributed by atoms with Crippen LogP contribution < -0.4 is 33.7 Å². The van der Waals surface area contributed by atoms with Crippen molar-refractivity contribution in [3.05, 3.63) is 64.5 Å². The van der Waals surface area contributed by atoms with Crippen molar-refractivity contribution in [3.8, 4) is 28.7 Å². The van der Waals surface area contributed by atoms with E-state index in [1.807, 2.05) is 18.2 Å². The fourth-order valence-corrected chi connectivity index (χ4v) is 7.87. The zero-order valence-corrected chi connectivity index (χ0v) is 27.2. The van der Waals surface area contributed by atoms with E-state index >= 15 is 0 Å². The predicted octanol–water partition coefficient (Wildman–Crippen LogP) is -1.25. The number of carboxylic acids is 1. The van der Waals surface area contributed by atoms with E-state index in [0.717, 1.165) is 38.4 Å². The minimum Gasteiger partial charge on any atom is -0.550 e. The van der Waals surface area contributed by atoms with E-state index in [0.29, 0.717) is 48.4 Å². The highest BCUT2D eigenvalue weighted by Crippen LogP contribution is 2.58. The average Bonchev–Trinajstić information content (AvgIpc) is 3.77. The maximum Gasteiger partial charge on any atom is 0.311 e. The van der Waals surface area contributed by atoms with E-state index in [-0.39, 0.29) is 18.8 Å². The van der Waals surface area contributed by atoms with Crippen LogP contribution in [0.4, 0.5) is 0 Å². The SMILES string of the molecule is COc1ccc2c(c1OC)O[C@@H]1c3c(cc4c(c3C[NH+]3C=C5C=CN=C5C3)CC[C@]3(O)[C@@H](O4)O[C@H](COC(=O)CC(=O)[O-])[C@@H](O)[C@@H]3O)OC[C@@H]21. The Morgan fingerprint density at radius 1 is 1.16 bits per heavy atom. The molecule has 1 saturated heterocycles. The highest BCUT2D eigenvalue weighted by Gasteiger charge is 2.58. The molecule has 50 heavy (non-hydrogen) atoms. The lowest BCUT2D eigenvalue weighted by atomic mass is 9.81. The molecule has 8 rings (SSSR count). The Labute approximate surface area is 285 Å². The molecule has 264 valence electrons. The lowest BCUT2D eigenvalue weighted by Gasteiger charge is -2.46. The molecule has 15 nitrogen and oxygen atoms in total. The van der Waals surface area contributed by atoms with E-state index < -0.39 is 61.3 Å². The third kappa shape index (κ3) is 5.19. The third-order valence-corrected chi connectivity index (χ3v) is 10.4. The van der Waals surface area contributed by atoms with Gasteiger partial charge in [-0.1, -0.05) is 6.07 Å². The molecular weight excluding hydrogens is 656 g/mol. The van der Waals surface area contributed by atoms with Gasteiger partial charge in [-0.3, -0.25) is 14.7 Å². The molecule has 6 heterocycles. The summed E-state index contributed by atoms with van der Waals surface area (Å²) in [5.74, 6) is -0.403. The van der Waals surface area contributed by atoms with E-state index in [2.05, 4.69) is 11.2 Å². The molecule has 15 heteroatoms. The van der Waals surface area contributed by atoms with E-state index in [4.69, 9.17) is 33.2 Å². The summed E-state index contributed by atoms with van der Waals surface area (Å²) >= 11 is 0. The highest BCUT2D eigenvalue weighted by atomic mass is 16.7. The van der Waals surface area contributed by atoms with Crippen LogP contribution in [-0.2, 0) is 32.0 Å². The molecule has 2 aromatic rings. The number of allylic oxidation sites excluding steroid dienone is 1. The summed E-state index contributed by atoms with van der Waals surface area (Å²) < 4.78 is 41.7. The van der Waals surface area contributed by atoms with Gasteiger partial charge in [-0.15, -0.1) is 0 Å². The number of ether oxygens (including phenoxy) is 7. The van der Waals surface area contributed by atoms with E-state index in [1.54, 1.807) is 26.5 Å². The first-order valence-electron chi connectivity index (χ1n) is 16.4. The molecule has 4 N–H and O–H groups in total. The molecule has 6 aliphatic heterocycles. The number of aliphatic hydroxyl groups is 3. The fourth-order valence-electron chi connectivity index (χ4n) is 7.87. The number of rotatable bonds is 8. The van der Waals surface area contributed by atoms with E-state index in [9.17, 15) is 30.0 Å². The van der Waals surface area contributed by atoms with Crippen molar-refractivity contribution >= 4 is 17.7 Å². The van der Waals surface area contributed by atoms with Gasteiger partial charge in [0.05, 0.1) is 44.7 Å². The maximum absolute atomic E-state index is 11.9. The summed E-state index contributed by atoms with van der Waals surface area (Å²) in [5, 5.41) is 44.8. The topological polar surface area (TPSA) is 199 Å². The lowest BCUT2D eigenvalue weighted by molar-refractivity contribution is -0.848. The number of benzene rings is 2. The van der Waals surface area contributed by atoms with Crippen LogP contribution >= 0.6 is 0 Å². The van der Waals surface area contributed by atoms with Crippen molar-refractivity contribution in [3.63, 3.8) is 0 Å². The Kier molecular flexibility index (Phi) is 7.99. The van der Waals surface area contributed by atoms with Gasteiger partial charge in [-0.05, 0) is 25.0 Å². The zero-order chi connectivity index (χ0) is 34.9. The number of carbonyl (C=O) groups is 2. The van der Waals surface area contributed by atoms with Crippen LogP contribution in [0.3, 0.4) is 0 Å². The quantitative estimate of drug-likeness (QED) is 0.189. The van der Waals surface area contributed by atoms with Crippen molar-refractivity contribution < 1.29 is 68.1 Å². The molecule has 0 saturated carbocycles. The number of hydrogen-bond acceptors (Lipinski definition) is 14. The molecule has 1 unspecified atom stereocenters. The first-order chi connectivity index (χ1) is 24.1. The fraction of sp³-hybridized carbons (Fsp3) is 0.457. The monoisotopic (exact) mass is 692 g/mol. The van der Waals surface area contributed by atoms with Crippen LogP contribution in [-0.4, -0.2) is 97.2 Å². The first kappa shape index (κ1) is 32.5. The average molecular weight is 693 g/mol. The van der Waals surface area contributed by atoms with Crippen LogP contribution in [0, 0.1) is 0 Å². The number of carbonyl (C=O) groups excluding carboxylic acids is 2. The maximum atomic E-state index is 11.9. The Morgan fingerprint density at radius 3 is 2.76 bits per heavy atom. The number of fused-ring (bicyclic) bond motifs is 8. The Bertz CT molecular complexity index is 1860. The number of carboxylic acid groups (broad SMARTS) is 1. The lowest BCUT2D eigenvalue weighted by Crippen LogP contribution is -3.05. The van der Waals surface area contributed by atoms with Crippen molar-refractivity contribution in [1.82, 2.24) is 0 Å². The van der Waals surface area contributed by atoms with Gasteiger partial charge in [-0.25, -0.2) is 0 Å². The van der Waals surface area contributed by atoms with Crippen molar-refractivity contribution in [1.29, 1.82) is 0 Å². The molecule has 0 aromatic heterocycles. The first-order valence-corrected chi connectivity index (χ1v) is 16.4. The van der Waals surface area contributed by atoms with Crippen molar-refractivity contribution in [2.24, 2.45) is 4.99 Å². The molecule has 0 spiro atoms. The summed E-state index contributed by atoms with van der Waals surface area (Å²) in [4.78, 5) is 28.3. The Hall–Kier alpha value is -4.67. The molecule has 0 radical (unpaired) electrons. The van der Waals surface area contributed by atoms with Crippen LogP contribution in [0.15, 0.2) is 47.2 Å². The van der Waals surface area contributed by atoms with Gasteiger partial charge in [-0.2, -0.15) is 0 Å². The van der Waals surface area contributed by atoms with Gasteiger partial charge in [0.15, 0.2) is 17.1 Å². The van der Waals surface area contributed by atoms with Crippen LogP contribution in [0.1, 0.15) is 47.1 Å². The van der Waals surface area contributed by atoms with Gasteiger partial charge in [0.25, 0.3) is 0 Å². The number of methoxy groups -OCH3 is 2. The largest absolute Gasteiger partial charge is 0.550 e. The molecule has 0 amide bonds. The van der Waals surface area contributed by atoms with Gasteiger partial charge in [0, 0.05) is 34.5 Å². The normalized spacial score (nSPS) is 31.1. The number of esters is 1. The number of nitrogens with one attached hydrogen (secondary N) is 1. The van der Waals surface area contributed by atoms with Crippen LogP contribution in [0.5, 0.6) is 28.7 Å². The number of nitrogens with zero attached hydrogens (tertiary/aromatic N) is 1. The summed E-state index contributed by atoms with van der Waals surface area (Å²) in [5.41, 5.74) is 3.37. The third-order valence-electron chi connectivity index (χ3n) is 10.4. The molecule has 2 aromatic carbocycles. The van der Waals surface area contributed by atoms with E-state index in [1.165, 1.54) is 0 Å². The van der Waals surface area contributed by atoms with Crippen LogP contribution in [0.2, 0.25) is 0 Å². The number of hydrogen-bond donors (Lipinski definition) is 4. The molecule has 6 aliphatic rings. The second-order valence-electron chi connectivity index (χ2n) is 13.2.